The summed E-state index contributed by atoms with van der Waals surface area (Å²) in [5.41, 5.74) is 5.44. The van der Waals surface area contributed by atoms with Crippen molar-refractivity contribution in [3.63, 3.8) is 0 Å². The Bertz CT molecular complexity index is 1560. The van der Waals surface area contributed by atoms with Gasteiger partial charge < -0.3 is 4.42 Å². The molecule has 2 heterocycles. The van der Waals surface area contributed by atoms with Crippen LogP contribution in [0.1, 0.15) is 0 Å². The van der Waals surface area contributed by atoms with Crippen molar-refractivity contribution >= 4 is 48.6 Å². The lowest BCUT2D eigenvalue weighted by atomic mass is 10.0. The highest BCUT2D eigenvalue weighted by Gasteiger charge is 2.15. The van der Waals surface area contributed by atoms with Crippen LogP contribution in [0.2, 0.25) is 0 Å². The molecule has 0 unspecified atom stereocenters. The molecule has 0 bridgehead atoms. The van der Waals surface area contributed by atoms with Gasteiger partial charge in [0.05, 0.1) is 11.4 Å². The molecule has 6 aromatic rings. The van der Waals surface area contributed by atoms with Crippen molar-refractivity contribution in [1.29, 1.82) is 0 Å². The monoisotopic (exact) mass is 450 g/mol. The molecule has 0 saturated carbocycles. The van der Waals surface area contributed by atoms with Gasteiger partial charge in [0.1, 0.15) is 11.2 Å². The minimum atomic E-state index is 0.552. The fourth-order valence-electron chi connectivity index (χ4n) is 4.09. The fraction of sp³-hybridized carbons (Fsp3) is 0. The predicted octanol–water partition coefficient (Wildman–Crippen LogP) is 7.63. The van der Waals surface area contributed by atoms with Gasteiger partial charge in [-0.25, -0.2) is 9.97 Å². The van der Waals surface area contributed by atoms with Crippen LogP contribution in [0, 0.1) is 0 Å². The third kappa shape index (κ3) is 2.72. The molecule has 0 aliphatic carbocycles. The molecule has 6 rings (SSSR count). The number of hydrogen-bond acceptors (Lipinski definition) is 3. The maximum Gasteiger partial charge on any atom is 0.197 e. The summed E-state index contributed by atoms with van der Waals surface area (Å²) >= 11 is 3.52. The number of fused-ring (bicyclic) bond motifs is 4. The first-order chi connectivity index (χ1) is 14.8. The molecule has 0 atom stereocenters. The molecule has 30 heavy (non-hydrogen) atoms. The average Bonchev–Trinajstić information content (AvgIpc) is 3.17. The molecule has 4 aromatic carbocycles. The minimum absolute atomic E-state index is 0.552. The van der Waals surface area contributed by atoms with Crippen molar-refractivity contribution in [2.24, 2.45) is 0 Å². The highest BCUT2D eigenvalue weighted by atomic mass is 79.9. The number of para-hydroxylation sites is 2. The maximum absolute atomic E-state index is 6.22. The third-order valence-electron chi connectivity index (χ3n) is 5.44. The van der Waals surface area contributed by atoms with Crippen molar-refractivity contribution < 1.29 is 4.42 Å². The zero-order chi connectivity index (χ0) is 20.1. The van der Waals surface area contributed by atoms with Crippen LogP contribution in [-0.4, -0.2) is 9.97 Å². The quantitative estimate of drug-likeness (QED) is 0.254. The van der Waals surface area contributed by atoms with Crippen LogP contribution in [0.4, 0.5) is 0 Å². The van der Waals surface area contributed by atoms with Gasteiger partial charge in [0, 0.05) is 21.9 Å². The Morgan fingerprint density at radius 3 is 2.13 bits per heavy atom. The van der Waals surface area contributed by atoms with E-state index in [1.165, 1.54) is 10.8 Å². The largest absolute Gasteiger partial charge is 0.455 e. The third-order valence-corrected chi connectivity index (χ3v) is 5.80. The van der Waals surface area contributed by atoms with Gasteiger partial charge in [-0.1, -0.05) is 72.8 Å². The summed E-state index contributed by atoms with van der Waals surface area (Å²) in [6.45, 7) is 0. The van der Waals surface area contributed by atoms with Crippen LogP contribution in [-0.2, 0) is 0 Å². The van der Waals surface area contributed by atoms with Crippen molar-refractivity contribution in [2.45, 2.75) is 0 Å². The average molecular weight is 451 g/mol. The van der Waals surface area contributed by atoms with Gasteiger partial charge in [0.2, 0.25) is 0 Å². The Kier molecular flexibility index (Phi) is 3.93. The first-order valence-corrected chi connectivity index (χ1v) is 10.5. The van der Waals surface area contributed by atoms with E-state index in [0.29, 0.717) is 4.73 Å². The molecule has 0 fully saturated rings. The lowest BCUT2D eigenvalue weighted by molar-refractivity contribution is 0.670. The lowest BCUT2D eigenvalue weighted by Crippen LogP contribution is -1.93. The number of furan rings is 1. The van der Waals surface area contributed by atoms with Crippen molar-refractivity contribution in [1.82, 2.24) is 9.97 Å². The zero-order valence-corrected chi connectivity index (χ0v) is 17.4. The Hall–Kier alpha value is -3.50. The molecule has 3 nitrogen and oxygen atoms in total. The molecule has 0 radical (unpaired) electrons. The summed E-state index contributed by atoms with van der Waals surface area (Å²) in [6.07, 6.45) is 0. The minimum Gasteiger partial charge on any atom is -0.455 e. The second-order valence-corrected chi connectivity index (χ2v) is 7.92. The number of rotatable bonds is 2. The number of nitrogens with zero attached hydrogens (tertiary/aromatic N) is 2. The number of halogens is 1. The van der Waals surface area contributed by atoms with Crippen LogP contribution in [0.5, 0.6) is 0 Å². The van der Waals surface area contributed by atoms with E-state index in [2.05, 4.69) is 80.5 Å². The van der Waals surface area contributed by atoms with Crippen LogP contribution < -0.4 is 0 Å². The van der Waals surface area contributed by atoms with E-state index in [0.717, 1.165) is 44.5 Å². The topological polar surface area (TPSA) is 38.9 Å². The van der Waals surface area contributed by atoms with Crippen LogP contribution in [0.3, 0.4) is 0 Å². The summed E-state index contributed by atoms with van der Waals surface area (Å²) < 4.78 is 6.77. The van der Waals surface area contributed by atoms with Crippen LogP contribution in [0.15, 0.2) is 100 Å². The molecular formula is C26H15BrN2O. The van der Waals surface area contributed by atoms with Crippen LogP contribution in [0.25, 0.3) is 55.2 Å². The molecule has 0 saturated heterocycles. The van der Waals surface area contributed by atoms with Crippen molar-refractivity contribution in [3.8, 4) is 22.5 Å². The van der Waals surface area contributed by atoms with E-state index >= 15 is 0 Å². The van der Waals surface area contributed by atoms with Crippen molar-refractivity contribution in [2.75, 3.05) is 0 Å². The van der Waals surface area contributed by atoms with E-state index in [1.807, 2.05) is 36.4 Å². The van der Waals surface area contributed by atoms with E-state index in [-0.39, 0.29) is 0 Å². The first kappa shape index (κ1) is 17.4. The number of hydrogen-bond donors (Lipinski definition) is 0. The lowest BCUT2D eigenvalue weighted by Gasteiger charge is -2.09. The summed E-state index contributed by atoms with van der Waals surface area (Å²) in [6, 6.07) is 31.0. The second-order valence-electron chi connectivity index (χ2n) is 7.21. The summed E-state index contributed by atoms with van der Waals surface area (Å²) in [5.74, 6) is 0. The van der Waals surface area contributed by atoms with Gasteiger partial charge in [0.25, 0.3) is 0 Å². The summed E-state index contributed by atoms with van der Waals surface area (Å²) in [4.78, 5) is 9.35. The highest BCUT2D eigenvalue weighted by Crippen LogP contribution is 2.37. The normalized spacial score (nSPS) is 11.5. The first-order valence-electron chi connectivity index (χ1n) is 9.71. The Labute approximate surface area is 181 Å². The Morgan fingerprint density at radius 2 is 1.23 bits per heavy atom. The number of benzene rings is 4. The van der Waals surface area contributed by atoms with E-state index in [4.69, 9.17) is 4.42 Å². The summed E-state index contributed by atoms with van der Waals surface area (Å²) in [5, 5.41) is 4.55. The fourth-order valence-corrected chi connectivity index (χ4v) is 4.47. The molecule has 2 aromatic heterocycles. The molecule has 4 heteroatoms. The highest BCUT2D eigenvalue weighted by molar-refractivity contribution is 9.10. The van der Waals surface area contributed by atoms with Gasteiger partial charge >= 0.3 is 0 Å². The smallest absolute Gasteiger partial charge is 0.197 e. The maximum atomic E-state index is 6.22. The second kappa shape index (κ2) is 6.78. The van der Waals surface area contributed by atoms with Gasteiger partial charge in [-0.05, 0) is 44.9 Å². The Balaban J connectivity index is 1.61. The molecule has 0 N–H and O–H groups in total. The molecule has 0 amide bonds. The van der Waals surface area contributed by atoms with Gasteiger partial charge in [-0.2, -0.15) is 0 Å². The summed E-state index contributed by atoms with van der Waals surface area (Å²) in [7, 11) is 0. The molecule has 142 valence electrons. The predicted molar refractivity (Wildman–Crippen MR) is 125 cm³/mol. The van der Waals surface area contributed by atoms with E-state index < -0.39 is 0 Å². The molecular weight excluding hydrogens is 436 g/mol. The standard InChI is InChI=1S/C26H15BrN2O/c27-26-28-22(18-11-5-8-16-7-1-2-9-17(16)18)15-23(29-26)21-13-6-12-20-19-10-3-4-14-24(19)30-25(20)21/h1-15H. The van der Waals surface area contributed by atoms with E-state index in [1.54, 1.807) is 0 Å². The molecule has 0 aliphatic heterocycles. The molecule has 0 spiro atoms. The molecule has 0 aliphatic rings. The van der Waals surface area contributed by atoms with Crippen molar-refractivity contribution in [3.05, 3.63) is 95.7 Å². The van der Waals surface area contributed by atoms with Gasteiger partial charge in [-0.3, -0.25) is 0 Å². The van der Waals surface area contributed by atoms with Gasteiger partial charge in [0.15, 0.2) is 4.73 Å². The number of aromatic nitrogens is 2. The van der Waals surface area contributed by atoms with E-state index in [9.17, 15) is 0 Å². The van der Waals surface area contributed by atoms with Crippen LogP contribution >= 0.6 is 15.9 Å². The van der Waals surface area contributed by atoms with Gasteiger partial charge in [-0.15, -0.1) is 0 Å². The zero-order valence-electron chi connectivity index (χ0n) is 15.8. The Morgan fingerprint density at radius 1 is 0.600 bits per heavy atom. The SMILES string of the molecule is Brc1nc(-c2cccc3ccccc23)cc(-c2cccc3c2oc2ccccc23)n1.